The first-order chi connectivity index (χ1) is 19.3. The molecule has 6 aromatic carbocycles. The summed E-state index contributed by atoms with van der Waals surface area (Å²) in [6, 6.07) is 57.9. The Hall–Kier alpha value is -5.08. The summed E-state index contributed by atoms with van der Waals surface area (Å²) >= 11 is 0. The van der Waals surface area contributed by atoms with Crippen LogP contribution in [0.3, 0.4) is 0 Å². The first-order valence-corrected chi connectivity index (χ1v) is 13.3. The van der Waals surface area contributed by atoms with Crippen molar-refractivity contribution in [3.63, 3.8) is 0 Å². The van der Waals surface area contributed by atoms with Crippen LogP contribution < -0.4 is 9.80 Å². The Morgan fingerprint density at radius 2 is 0.692 bits per heavy atom. The molecule has 0 saturated heterocycles. The van der Waals surface area contributed by atoms with Gasteiger partial charge >= 0.3 is 0 Å². The van der Waals surface area contributed by atoms with Crippen LogP contribution in [0.1, 0.15) is 0 Å². The van der Waals surface area contributed by atoms with E-state index in [0.29, 0.717) is 0 Å². The normalized spacial score (nSPS) is 10.7. The number of benzene rings is 6. The van der Waals surface area contributed by atoms with Gasteiger partial charge in [-0.25, -0.2) is 0 Å². The fraction of sp³-hybridized carbons (Fsp3) is 0.0270. The topological polar surface area (TPSA) is 6.48 Å². The molecule has 0 saturated carbocycles. The Labute approximate surface area is 231 Å². The van der Waals surface area contributed by atoms with Crippen LogP contribution in [-0.2, 0) is 0 Å². The molecule has 2 nitrogen and oxygen atoms in total. The Bertz CT molecular complexity index is 1630. The summed E-state index contributed by atoms with van der Waals surface area (Å²) in [6.45, 7) is 0. The quantitative estimate of drug-likeness (QED) is 0.214. The molecule has 0 aliphatic heterocycles. The molecule has 188 valence electrons. The van der Waals surface area contributed by atoms with Crippen molar-refractivity contribution in [1.82, 2.24) is 0 Å². The zero-order chi connectivity index (χ0) is 26.4. The van der Waals surface area contributed by atoms with Crippen LogP contribution in [0.5, 0.6) is 0 Å². The summed E-state index contributed by atoms with van der Waals surface area (Å²) in [5.41, 5.74) is 10.5. The highest BCUT2D eigenvalue weighted by Gasteiger charge is 2.15. The monoisotopic (exact) mass is 502 g/mol. The molecule has 0 radical (unpaired) electrons. The lowest BCUT2D eigenvalue weighted by molar-refractivity contribution is 1.20. The summed E-state index contributed by atoms with van der Waals surface area (Å²) < 4.78 is 0. The highest BCUT2D eigenvalue weighted by Crippen LogP contribution is 2.38. The van der Waals surface area contributed by atoms with Gasteiger partial charge in [0.05, 0.1) is 0 Å². The van der Waals surface area contributed by atoms with E-state index < -0.39 is 0 Å². The lowest BCUT2D eigenvalue weighted by Gasteiger charge is -2.27. The van der Waals surface area contributed by atoms with Crippen LogP contribution in [0, 0.1) is 0 Å². The van der Waals surface area contributed by atoms with Gasteiger partial charge in [0.1, 0.15) is 0 Å². The average molecular weight is 503 g/mol. The lowest BCUT2D eigenvalue weighted by atomic mass is 10.0. The largest absolute Gasteiger partial charge is 0.345 e. The van der Waals surface area contributed by atoms with E-state index in [0.717, 1.165) is 28.4 Å². The van der Waals surface area contributed by atoms with Crippen molar-refractivity contribution >= 4 is 28.4 Å². The van der Waals surface area contributed by atoms with Gasteiger partial charge < -0.3 is 9.80 Å². The Balaban J connectivity index is 1.40. The van der Waals surface area contributed by atoms with Crippen molar-refractivity contribution in [2.75, 3.05) is 16.8 Å². The minimum absolute atomic E-state index is 1.11. The minimum Gasteiger partial charge on any atom is -0.345 e. The van der Waals surface area contributed by atoms with Crippen LogP contribution in [0.4, 0.5) is 28.4 Å². The predicted molar refractivity (Wildman–Crippen MR) is 167 cm³/mol. The van der Waals surface area contributed by atoms with Gasteiger partial charge in [-0.15, -0.1) is 0 Å². The molecule has 0 bridgehead atoms. The van der Waals surface area contributed by atoms with E-state index in [4.69, 9.17) is 0 Å². The van der Waals surface area contributed by atoms with Gasteiger partial charge in [-0.2, -0.15) is 0 Å². The molecule has 0 aliphatic rings. The lowest BCUT2D eigenvalue weighted by Crippen LogP contribution is -2.12. The number of para-hydroxylation sites is 1. The van der Waals surface area contributed by atoms with Crippen molar-refractivity contribution in [2.24, 2.45) is 0 Å². The predicted octanol–water partition coefficient (Wildman–Crippen LogP) is 10.3. The third kappa shape index (κ3) is 5.32. The number of anilines is 5. The van der Waals surface area contributed by atoms with Crippen LogP contribution in [0.2, 0.25) is 0 Å². The summed E-state index contributed by atoms with van der Waals surface area (Å²) in [5.74, 6) is 0. The van der Waals surface area contributed by atoms with Crippen LogP contribution >= 0.6 is 0 Å². The van der Waals surface area contributed by atoms with E-state index in [-0.39, 0.29) is 0 Å². The zero-order valence-corrected chi connectivity index (χ0v) is 22.0. The Morgan fingerprint density at radius 1 is 0.308 bits per heavy atom. The smallest absolute Gasteiger partial charge is 0.0467 e. The third-order valence-corrected chi connectivity index (χ3v) is 7.08. The van der Waals surface area contributed by atoms with Gasteiger partial charge in [0.15, 0.2) is 0 Å². The molecule has 0 aliphatic carbocycles. The number of hydrogen-bond donors (Lipinski definition) is 0. The zero-order valence-electron chi connectivity index (χ0n) is 22.0. The highest BCUT2D eigenvalue weighted by atomic mass is 15.1. The molecule has 0 unspecified atom stereocenters. The second-order valence-electron chi connectivity index (χ2n) is 9.58. The first kappa shape index (κ1) is 24.3. The molecule has 6 rings (SSSR count). The summed E-state index contributed by atoms with van der Waals surface area (Å²) in [4.78, 5) is 4.53. The Morgan fingerprint density at radius 3 is 1.28 bits per heavy atom. The highest BCUT2D eigenvalue weighted by molar-refractivity contribution is 5.82. The van der Waals surface area contributed by atoms with E-state index in [2.05, 4.69) is 175 Å². The molecule has 0 atom stereocenters. The average Bonchev–Trinajstić information content (AvgIpc) is 3.03. The van der Waals surface area contributed by atoms with Gasteiger partial charge in [0.25, 0.3) is 0 Å². The fourth-order valence-corrected chi connectivity index (χ4v) is 4.96. The number of nitrogens with zero attached hydrogens (tertiary/aromatic N) is 2. The summed E-state index contributed by atoms with van der Waals surface area (Å²) in [5, 5.41) is 0. The molecule has 6 aromatic rings. The number of hydrogen-bond acceptors (Lipinski definition) is 2. The van der Waals surface area contributed by atoms with Crippen LogP contribution in [0.25, 0.3) is 22.3 Å². The maximum atomic E-state index is 2.33. The van der Waals surface area contributed by atoms with Crippen molar-refractivity contribution in [2.45, 2.75) is 0 Å². The van der Waals surface area contributed by atoms with E-state index in [9.17, 15) is 0 Å². The van der Waals surface area contributed by atoms with E-state index in [1.54, 1.807) is 0 Å². The number of rotatable bonds is 7. The molecule has 0 N–H and O–H groups in total. The first-order valence-electron chi connectivity index (χ1n) is 13.3. The Kier molecular flexibility index (Phi) is 6.92. The molecule has 0 spiro atoms. The molecular formula is C37H30N2. The van der Waals surface area contributed by atoms with Gasteiger partial charge in [0.2, 0.25) is 0 Å². The second-order valence-corrected chi connectivity index (χ2v) is 9.58. The van der Waals surface area contributed by atoms with Gasteiger partial charge in [-0.05, 0) is 82.9 Å². The van der Waals surface area contributed by atoms with Gasteiger partial charge in [0, 0.05) is 35.5 Å². The maximum Gasteiger partial charge on any atom is 0.0467 e. The van der Waals surface area contributed by atoms with Gasteiger partial charge in [-0.3, -0.25) is 0 Å². The van der Waals surface area contributed by atoms with Gasteiger partial charge in [-0.1, -0.05) is 103 Å². The minimum atomic E-state index is 1.11. The van der Waals surface area contributed by atoms with Crippen molar-refractivity contribution in [3.05, 3.63) is 164 Å². The molecule has 39 heavy (non-hydrogen) atoms. The fourth-order valence-electron chi connectivity index (χ4n) is 4.96. The maximum absolute atomic E-state index is 2.33. The summed E-state index contributed by atoms with van der Waals surface area (Å²) in [7, 11) is 2.10. The second kappa shape index (κ2) is 11.1. The molecular weight excluding hydrogens is 472 g/mol. The van der Waals surface area contributed by atoms with Crippen molar-refractivity contribution in [1.29, 1.82) is 0 Å². The molecule has 0 amide bonds. The van der Waals surface area contributed by atoms with Crippen LogP contribution in [0.15, 0.2) is 164 Å². The molecule has 0 aromatic heterocycles. The van der Waals surface area contributed by atoms with E-state index >= 15 is 0 Å². The summed E-state index contributed by atoms with van der Waals surface area (Å²) in [6.07, 6.45) is 0. The third-order valence-electron chi connectivity index (χ3n) is 7.08. The molecule has 0 fully saturated rings. The SMILES string of the molecule is CN(c1ccccc1)c1ccc(N(c2ccc(-c3ccccc3)cc2)c2cccc(-c3ccccc3)c2)cc1. The van der Waals surface area contributed by atoms with Crippen molar-refractivity contribution in [3.8, 4) is 22.3 Å². The van der Waals surface area contributed by atoms with E-state index in [1.807, 2.05) is 6.07 Å². The standard InChI is InChI=1S/C37H30N2/c1-38(33-17-9-4-10-18-33)34-24-26-36(27-25-34)39(35-22-20-31(21-23-35)29-12-5-2-6-13-29)37-19-11-16-32(28-37)30-14-7-3-8-15-30/h2-28H,1H3. The molecule has 2 heteroatoms. The molecule has 0 heterocycles. The van der Waals surface area contributed by atoms with E-state index in [1.165, 1.54) is 22.3 Å². The van der Waals surface area contributed by atoms with Crippen molar-refractivity contribution < 1.29 is 0 Å². The van der Waals surface area contributed by atoms with Crippen LogP contribution in [-0.4, -0.2) is 7.05 Å².